The molecule has 0 spiro atoms. The third-order valence-electron chi connectivity index (χ3n) is 5.44. The van der Waals surface area contributed by atoms with Crippen LogP contribution in [-0.2, 0) is 4.74 Å². The van der Waals surface area contributed by atoms with Gasteiger partial charge in [-0.1, -0.05) is 18.2 Å². The minimum atomic E-state index is -0.633. The number of aromatic nitrogens is 1. The van der Waals surface area contributed by atoms with Gasteiger partial charge in [0.1, 0.15) is 5.69 Å². The van der Waals surface area contributed by atoms with Gasteiger partial charge in [-0.25, -0.2) is 4.79 Å². The number of Topliss-reactive ketones (excluding diaryl/α,β-unsaturated/α-hetero) is 1. The van der Waals surface area contributed by atoms with Crippen LogP contribution in [-0.4, -0.2) is 46.7 Å². The van der Waals surface area contributed by atoms with Gasteiger partial charge in [0.2, 0.25) is 0 Å². The van der Waals surface area contributed by atoms with Crippen molar-refractivity contribution in [3.8, 4) is 0 Å². The zero-order chi connectivity index (χ0) is 21.1. The Balaban J connectivity index is 1.90. The van der Waals surface area contributed by atoms with E-state index in [4.69, 9.17) is 4.74 Å². The van der Waals surface area contributed by atoms with E-state index < -0.39 is 12.0 Å². The van der Waals surface area contributed by atoms with Crippen LogP contribution < -0.4 is 0 Å². The van der Waals surface area contributed by atoms with Crippen LogP contribution in [0.4, 0.5) is 0 Å². The fourth-order valence-corrected chi connectivity index (χ4v) is 3.62. The van der Waals surface area contributed by atoms with E-state index in [9.17, 15) is 14.4 Å². The van der Waals surface area contributed by atoms with E-state index in [0.29, 0.717) is 40.5 Å². The first-order valence-electron chi connectivity index (χ1n) is 10.1. The van der Waals surface area contributed by atoms with Crippen LogP contribution >= 0.6 is 0 Å². The predicted molar refractivity (Wildman–Crippen MR) is 110 cm³/mol. The van der Waals surface area contributed by atoms with E-state index in [2.05, 4.69) is 4.98 Å². The molecule has 0 radical (unpaired) electrons. The molecule has 29 heavy (non-hydrogen) atoms. The fraction of sp³-hybridized carbons (Fsp3) is 0.435. The number of esters is 1. The smallest absolute Gasteiger partial charge is 0.355 e. The third kappa shape index (κ3) is 4.42. The zero-order valence-electron chi connectivity index (χ0n) is 17.5. The number of ketones is 1. The van der Waals surface area contributed by atoms with Gasteiger partial charge < -0.3 is 14.6 Å². The van der Waals surface area contributed by atoms with Crippen LogP contribution in [0.15, 0.2) is 30.3 Å². The van der Waals surface area contributed by atoms with Crippen LogP contribution in [0.3, 0.4) is 0 Å². The molecule has 6 nitrogen and oxygen atoms in total. The molecular weight excluding hydrogens is 368 g/mol. The van der Waals surface area contributed by atoms with E-state index in [1.165, 1.54) is 0 Å². The molecule has 1 N–H and O–H groups in total. The summed E-state index contributed by atoms with van der Waals surface area (Å²) >= 11 is 0. The van der Waals surface area contributed by atoms with Crippen LogP contribution in [0.5, 0.6) is 0 Å². The molecule has 154 valence electrons. The Morgan fingerprint density at radius 1 is 1.17 bits per heavy atom. The van der Waals surface area contributed by atoms with E-state index in [-0.39, 0.29) is 18.3 Å². The number of H-pyrrole nitrogens is 1. The first kappa shape index (κ1) is 20.8. The Morgan fingerprint density at radius 2 is 1.83 bits per heavy atom. The van der Waals surface area contributed by atoms with Gasteiger partial charge in [-0.2, -0.15) is 0 Å². The van der Waals surface area contributed by atoms with Crippen molar-refractivity contribution in [2.75, 3.05) is 13.2 Å². The molecule has 0 saturated heterocycles. The van der Waals surface area contributed by atoms with Crippen LogP contribution in [0.2, 0.25) is 0 Å². The Morgan fingerprint density at radius 3 is 2.41 bits per heavy atom. The molecule has 1 unspecified atom stereocenters. The number of aromatic amines is 1. The second kappa shape index (κ2) is 8.64. The number of benzene rings is 1. The lowest BCUT2D eigenvalue weighted by molar-refractivity contribution is 0.0518. The lowest BCUT2D eigenvalue weighted by Gasteiger charge is -2.29. The van der Waals surface area contributed by atoms with Gasteiger partial charge >= 0.3 is 5.97 Å². The number of hydrogen-bond acceptors (Lipinski definition) is 4. The van der Waals surface area contributed by atoms with Crippen LogP contribution in [0.1, 0.15) is 69.2 Å². The number of amides is 1. The van der Waals surface area contributed by atoms with Crippen molar-refractivity contribution >= 4 is 17.7 Å². The molecule has 6 heteroatoms. The average Bonchev–Trinajstić information content (AvgIpc) is 3.49. The standard InChI is InChI=1S/C23H28N2O4/c1-5-29-23(28)20-14(2)19(15(3)24-20)21(26)16(4)25(13-17-11-12-17)22(27)18-9-7-6-8-10-18/h6-10,16-17,24H,5,11-13H2,1-4H3. The maximum atomic E-state index is 13.4. The van der Waals surface area contributed by atoms with Crippen molar-refractivity contribution < 1.29 is 19.1 Å². The number of hydrogen-bond donors (Lipinski definition) is 1. The number of aryl methyl sites for hydroxylation is 1. The molecule has 3 rings (SSSR count). The van der Waals surface area contributed by atoms with Crippen molar-refractivity contribution in [3.63, 3.8) is 0 Å². The van der Waals surface area contributed by atoms with Crippen molar-refractivity contribution in [1.82, 2.24) is 9.88 Å². The summed E-state index contributed by atoms with van der Waals surface area (Å²) in [6.45, 7) is 7.83. The second-order valence-corrected chi connectivity index (χ2v) is 7.65. The summed E-state index contributed by atoms with van der Waals surface area (Å²) in [7, 11) is 0. The van der Waals surface area contributed by atoms with Gasteiger partial charge in [-0.3, -0.25) is 9.59 Å². The molecule has 1 aliphatic rings. The molecule has 1 aromatic carbocycles. The SMILES string of the molecule is CCOC(=O)c1[nH]c(C)c(C(=O)C(C)N(CC2CC2)C(=O)c2ccccc2)c1C. The number of ether oxygens (including phenoxy) is 1. The molecule has 1 amide bonds. The Labute approximate surface area is 171 Å². The maximum Gasteiger partial charge on any atom is 0.355 e. The second-order valence-electron chi connectivity index (χ2n) is 7.65. The molecule has 2 aromatic rings. The van der Waals surface area contributed by atoms with Gasteiger partial charge in [0.25, 0.3) is 5.91 Å². The Kier molecular flexibility index (Phi) is 6.20. The summed E-state index contributed by atoms with van der Waals surface area (Å²) < 4.78 is 5.08. The molecule has 0 bridgehead atoms. The molecule has 1 fully saturated rings. The summed E-state index contributed by atoms with van der Waals surface area (Å²) in [4.78, 5) is 43.4. The first-order chi connectivity index (χ1) is 13.8. The summed E-state index contributed by atoms with van der Waals surface area (Å²) in [5.41, 5.74) is 2.50. The quantitative estimate of drug-likeness (QED) is 0.542. The highest BCUT2D eigenvalue weighted by atomic mass is 16.5. The number of nitrogens with one attached hydrogen (secondary N) is 1. The summed E-state index contributed by atoms with van der Waals surface area (Å²) in [6, 6.07) is 8.41. The highest BCUT2D eigenvalue weighted by Gasteiger charge is 2.35. The topological polar surface area (TPSA) is 79.5 Å². The normalized spacial score (nSPS) is 14.3. The van der Waals surface area contributed by atoms with E-state index in [0.717, 1.165) is 12.8 Å². The van der Waals surface area contributed by atoms with Gasteiger partial charge in [0.15, 0.2) is 5.78 Å². The predicted octanol–water partition coefficient (Wildman–Crippen LogP) is 3.93. The molecule has 1 saturated carbocycles. The minimum absolute atomic E-state index is 0.144. The van der Waals surface area contributed by atoms with Crippen molar-refractivity contribution in [3.05, 3.63) is 58.4 Å². The lowest BCUT2D eigenvalue weighted by Crippen LogP contribution is -2.44. The minimum Gasteiger partial charge on any atom is -0.461 e. The highest BCUT2D eigenvalue weighted by Crippen LogP contribution is 2.32. The Hall–Kier alpha value is -2.89. The molecule has 1 aliphatic carbocycles. The number of nitrogens with zero attached hydrogens (tertiary/aromatic N) is 1. The summed E-state index contributed by atoms with van der Waals surface area (Å²) in [5, 5.41) is 0. The first-order valence-corrected chi connectivity index (χ1v) is 10.1. The maximum absolute atomic E-state index is 13.4. The summed E-state index contributed by atoms with van der Waals surface area (Å²) in [5.74, 6) is -0.344. The fourth-order valence-electron chi connectivity index (χ4n) is 3.62. The molecule has 1 atom stereocenters. The number of carbonyl (C=O) groups is 3. The van der Waals surface area contributed by atoms with E-state index in [1.54, 1.807) is 44.7 Å². The zero-order valence-corrected chi connectivity index (χ0v) is 17.5. The van der Waals surface area contributed by atoms with Gasteiger partial charge in [-0.05, 0) is 64.2 Å². The van der Waals surface area contributed by atoms with E-state index >= 15 is 0 Å². The van der Waals surface area contributed by atoms with Gasteiger partial charge in [0, 0.05) is 23.4 Å². The van der Waals surface area contributed by atoms with E-state index in [1.807, 2.05) is 18.2 Å². The lowest BCUT2D eigenvalue weighted by atomic mass is 9.99. The monoisotopic (exact) mass is 396 g/mol. The number of carbonyl (C=O) groups excluding carboxylic acids is 3. The van der Waals surface area contributed by atoms with Gasteiger partial charge in [0.05, 0.1) is 12.6 Å². The van der Waals surface area contributed by atoms with Crippen LogP contribution in [0.25, 0.3) is 0 Å². The van der Waals surface area contributed by atoms with Crippen LogP contribution in [0, 0.1) is 19.8 Å². The largest absolute Gasteiger partial charge is 0.461 e. The third-order valence-corrected chi connectivity index (χ3v) is 5.44. The highest BCUT2D eigenvalue weighted by molar-refractivity contribution is 6.07. The molecule has 0 aliphatic heterocycles. The van der Waals surface area contributed by atoms with Crippen molar-refractivity contribution in [2.45, 2.75) is 46.6 Å². The van der Waals surface area contributed by atoms with Crippen molar-refractivity contribution in [2.24, 2.45) is 5.92 Å². The Bertz CT molecular complexity index is 912. The molecular formula is C23H28N2O4. The molecule has 1 aromatic heterocycles. The average molecular weight is 396 g/mol. The van der Waals surface area contributed by atoms with Crippen molar-refractivity contribution in [1.29, 1.82) is 0 Å². The van der Waals surface area contributed by atoms with Gasteiger partial charge in [-0.15, -0.1) is 0 Å². The molecule has 1 heterocycles. The number of rotatable bonds is 8. The summed E-state index contributed by atoms with van der Waals surface area (Å²) in [6.07, 6.45) is 2.16.